The van der Waals surface area contributed by atoms with Gasteiger partial charge in [0.05, 0.1) is 6.61 Å². The van der Waals surface area contributed by atoms with Crippen LogP contribution < -0.4 is 0 Å². The molecule has 3 rings (SSSR count). The molecule has 0 bridgehead atoms. The van der Waals surface area contributed by atoms with Crippen LogP contribution in [0.5, 0.6) is 0 Å². The normalized spacial score (nSPS) is 27.8. The van der Waals surface area contributed by atoms with Gasteiger partial charge in [-0.05, 0) is 73.8 Å². The van der Waals surface area contributed by atoms with Crippen LogP contribution in [0.1, 0.15) is 102 Å². The predicted molar refractivity (Wildman–Crippen MR) is 120 cm³/mol. The average Bonchev–Trinajstić information content (AvgIpc) is 2.75. The number of ether oxygens (including phenoxy) is 1. The van der Waals surface area contributed by atoms with Crippen molar-refractivity contribution < 1.29 is 9.13 Å². The summed E-state index contributed by atoms with van der Waals surface area (Å²) in [5.74, 6) is 3.77. The van der Waals surface area contributed by atoms with Crippen molar-refractivity contribution in [1.82, 2.24) is 0 Å². The number of methoxy groups -OCH3 is 1. The van der Waals surface area contributed by atoms with Crippen LogP contribution in [0.25, 0.3) is 0 Å². The van der Waals surface area contributed by atoms with E-state index >= 15 is 0 Å². The summed E-state index contributed by atoms with van der Waals surface area (Å²) in [6, 6.07) is 5.70. The van der Waals surface area contributed by atoms with E-state index in [1.165, 1.54) is 83.5 Å². The van der Waals surface area contributed by atoms with E-state index in [0.29, 0.717) is 12.2 Å². The third-order valence-corrected chi connectivity index (χ3v) is 7.92. The van der Waals surface area contributed by atoms with E-state index in [4.69, 9.17) is 4.74 Å². The van der Waals surface area contributed by atoms with Gasteiger partial charge in [0.2, 0.25) is 0 Å². The van der Waals surface area contributed by atoms with Crippen molar-refractivity contribution in [3.63, 3.8) is 0 Å². The maximum absolute atomic E-state index is 14.1. The zero-order chi connectivity index (χ0) is 20.5. The van der Waals surface area contributed by atoms with E-state index in [0.717, 1.165) is 35.7 Å². The van der Waals surface area contributed by atoms with E-state index in [2.05, 4.69) is 13.0 Å². The molecule has 2 heteroatoms. The lowest BCUT2D eigenvalue weighted by Crippen LogP contribution is -2.26. The molecular formula is C27H43FO. The van der Waals surface area contributed by atoms with Crippen LogP contribution in [0.3, 0.4) is 0 Å². The Balaban J connectivity index is 1.34. The summed E-state index contributed by atoms with van der Waals surface area (Å²) in [6.07, 6.45) is 19.6. The molecule has 0 aliphatic heterocycles. The third-order valence-electron chi connectivity index (χ3n) is 7.92. The number of aryl methyl sites for hydroxylation is 1. The maximum atomic E-state index is 14.1. The van der Waals surface area contributed by atoms with Crippen LogP contribution in [0.4, 0.5) is 4.39 Å². The highest BCUT2D eigenvalue weighted by Crippen LogP contribution is 2.43. The molecule has 1 aromatic rings. The van der Waals surface area contributed by atoms with E-state index in [1.54, 1.807) is 13.2 Å². The first-order valence-electron chi connectivity index (χ1n) is 12.5. The van der Waals surface area contributed by atoms with Gasteiger partial charge in [0.15, 0.2) is 0 Å². The monoisotopic (exact) mass is 402 g/mol. The molecular weight excluding hydrogens is 359 g/mol. The Morgan fingerprint density at radius 3 is 2.03 bits per heavy atom. The molecule has 0 radical (unpaired) electrons. The van der Waals surface area contributed by atoms with Crippen LogP contribution in [0.2, 0.25) is 0 Å². The van der Waals surface area contributed by atoms with Gasteiger partial charge in [-0.25, -0.2) is 4.39 Å². The Hall–Kier alpha value is -0.890. The molecule has 0 unspecified atom stereocenters. The lowest BCUT2D eigenvalue weighted by molar-refractivity contribution is 0.140. The minimum atomic E-state index is -0.113. The first-order chi connectivity index (χ1) is 14.2. The number of hydrogen-bond donors (Lipinski definition) is 0. The molecule has 0 amide bonds. The smallest absolute Gasteiger partial charge is 0.128 e. The molecule has 0 aromatic heterocycles. The van der Waals surface area contributed by atoms with Crippen LogP contribution in [0.15, 0.2) is 18.2 Å². The first kappa shape index (κ1) is 22.8. The zero-order valence-electron chi connectivity index (χ0n) is 18.9. The Morgan fingerprint density at radius 2 is 1.48 bits per heavy atom. The Morgan fingerprint density at radius 1 is 0.862 bits per heavy atom. The Bertz CT molecular complexity index is 582. The number of rotatable bonds is 10. The molecule has 1 aromatic carbocycles. The van der Waals surface area contributed by atoms with Crippen molar-refractivity contribution in [2.45, 2.75) is 103 Å². The topological polar surface area (TPSA) is 9.23 Å². The van der Waals surface area contributed by atoms with Gasteiger partial charge in [-0.1, -0.05) is 70.4 Å². The summed E-state index contributed by atoms with van der Waals surface area (Å²) in [7, 11) is 1.61. The fourth-order valence-electron chi connectivity index (χ4n) is 5.97. The van der Waals surface area contributed by atoms with Crippen LogP contribution >= 0.6 is 0 Å². The molecule has 0 atom stereocenters. The number of benzene rings is 1. The van der Waals surface area contributed by atoms with Crippen LogP contribution in [-0.2, 0) is 17.8 Å². The van der Waals surface area contributed by atoms with Crippen molar-refractivity contribution >= 4 is 0 Å². The van der Waals surface area contributed by atoms with E-state index in [9.17, 15) is 4.39 Å². The highest BCUT2D eigenvalue weighted by molar-refractivity contribution is 5.24. The minimum absolute atomic E-state index is 0.113. The summed E-state index contributed by atoms with van der Waals surface area (Å²) in [5, 5.41) is 0. The molecule has 0 saturated heterocycles. The molecule has 2 saturated carbocycles. The quantitative estimate of drug-likeness (QED) is 0.359. The Kier molecular flexibility index (Phi) is 9.49. The van der Waals surface area contributed by atoms with E-state index in [1.807, 2.05) is 6.07 Å². The highest BCUT2D eigenvalue weighted by Gasteiger charge is 2.30. The van der Waals surface area contributed by atoms with Crippen molar-refractivity contribution in [3.05, 3.63) is 35.1 Å². The second kappa shape index (κ2) is 12.1. The van der Waals surface area contributed by atoms with E-state index < -0.39 is 0 Å². The van der Waals surface area contributed by atoms with Gasteiger partial charge in [-0.2, -0.15) is 0 Å². The van der Waals surface area contributed by atoms with Gasteiger partial charge in [0.1, 0.15) is 5.82 Å². The van der Waals surface area contributed by atoms with Crippen molar-refractivity contribution in [2.75, 3.05) is 7.11 Å². The average molecular weight is 403 g/mol. The summed E-state index contributed by atoms with van der Waals surface area (Å²) in [5.41, 5.74) is 1.81. The molecule has 2 aliphatic rings. The van der Waals surface area contributed by atoms with Crippen LogP contribution in [-0.4, -0.2) is 7.11 Å². The van der Waals surface area contributed by atoms with Crippen molar-refractivity contribution in [2.24, 2.45) is 23.7 Å². The van der Waals surface area contributed by atoms with Crippen molar-refractivity contribution in [3.8, 4) is 0 Å². The fourth-order valence-corrected chi connectivity index (χ4v) is 5.97. The molecule has 164 valence electrons. The second-order valence-corrected chi connectivity index (χ2v) is 9.95. The molecule has 2 fully saturated rings. The van der Waals surface area contributed by atoms with Gasteiger partial charge < -0.3 is 4.74 Å². The zero-order valence-corrected chi connectivity index (χ0v) is 18.9. The lowest BCUT2D eigenvalue weighted by atomic mass is 9.68. The van der Waals surface area contributed by atoms with E-state index in [-0.39, 0.29) is 5.82 Å². The molecule has 0 N–H and O–H groups in total. The number of halogens is 1. The standard InChI is InChI=1S/C27H43FO/c1-3-4-5-6-21-9-14-24(15-10-21)25-16-11-22(12-17-25)7-8-23-13-18-26(20-29-2)27(28)19-23/h13,18-19,21-22,24-25H,3-12,14-17,20H2,1-2H3. The van der Waals surface area contributed by atoms with Gasteiger partial charge >= 0.3 is 0 Å². The predicted octanol–water partition coefficient (Wildman–Crippen LogP) is 8.10. The number of unbranched alkanes of at least 4 members (excludes halogenated alkanes) is 2. The molecule has 29 heavy (non-hydrogen) atoms. The second-order valence-electron chi connectivity index (χ2n) is 9.95. The van der Waals surface area contributed by atoms with Gasteiger partial charge in [0, 0.05) is 12.7 Å². The molecule has 1 nitrogen and oxygen atoms in total. The SMILES string of the molecule is CCCCCC1CCC(C2CCC(CCc3ccc(COC)c(F)c3)CC2)CC1. The first-order valence-corrected chi connectivity index (χ1v) is 12.5. The summed E-state index contributed by atoms with van der Waals surface area (Å²) in [6.45, 7) is 2.67. The largest absolute Gasteiger partial charge is 0.380 e. The molecule has 0 spiro atoms. The van der Waals surface area contributed by atoms with Gasteiger partial charge in [0.25, 0.3) is 0 Å². The molecule has 0 heterocycles. The summed E-state index contributed by atoms with van der Waals surface area (Å²) < 4.78 is 19.1. The maximum Gasteiger partial charge on any atom is 0.128 e. The molecule has 2 aliphatic carbocycles. The summed E-state index contributed by atoms with van der Waals surface area (Å²) in [4.78, 5) is 0. The third kappa shape index (κ3) is 7.09. The minimum Gasteiger partial charge on any atom is -0.380 e. The Labute approximate surface area is 178 Å². The lowest BCUT2D eigenvalue weighted by Gasteiger charge is -2.38. The van der Waals surface area contributed by atoms with Gasteiger partial charge in [-0.3, -0.25) is 0 Å². The fraction of sp³-hybridized carbons (Fsp3) is 0.778. The highest BCUT2D eigenvalue weighted by atomic mass is 19.1. The van der Waals surface area contributed by atoms with Crippen LogP contribution in [0, 0.1) is 29.5 Å². The van der Waals surface area contributed by atoms with Gasteiger partial charge in [-0.15, -0.1) is 0 Å². The van der Waals surface area contributed by atoms with Crippen molar-refractivity contribution in [1.29, 1.82) is 0 Å². The number of hydrogen-bond acceptors (Lipinski definition) is 1. The summed E-state index contributed by atoms with van der Waals surface area (Å²) >= 11 is 0.